The molecule has 0 bridgehead atoms. The topological polar surface area (TPSA) is 65.3 Å². The van der Waals surface area contributed by atoms with Crippen LogP contribution in [0.2, 0.25) is 0 Å². The summed E-state index contributed by atoms with van der Waals surface area (Å²) >= 11 is 1.94. The molecular formula is C22H30N2O3S. The summed E-state index contributed by atoms with van der Waals surface area (Å²) in [5.74, 6) is 3.18. The average molecular weight is 403 g/mol. The largest absolute Gasteiger partial charge is 0.508 e. The molecule has 0 amide bonds. The molecule has 5 nitrogen and oxygen atoms in total. The molecule has 1 aliphatic carbocycles. The lowest BCUT2D eigenvalue weighted by Gasteiger charge is -2.39. The van der Waals surface area contributed by atoms with Gasteiger partial charge in [-0.1, -0.05) is 18.7 Å². The molecule has 152 valence electrons. The van der Waals surface area contributed by atoms with Crippen LogP contribution in [0.3, 0.4) is 0 Å². The minimum Gasteiger partial charge on any atom is -0.508 e. The second-order valence-corrected chi connectivity index (χ2v) is 8.44. The Kier molecular flexibility index (Phi) is 7.45. The van der Waals surface area contributed by atoms with Crippen LogP contribution in [0.1, 0.15) is 26.2 Å². The molecule has 6 heteroatoms. The maximum Gasteiger partial charge on any atom is 0.112 e. The number of rotatable bonds is 7. The molecule has 3 aliphatic rings. The van der Waals surface area contributed by atoms with Gasteiger partial charge in [-0.3, -0.25) is 4.99 Å². The Labute approximate surface area is 171 Å². The monoisotopic (exact) mass is 402 g/mol. The van der Waals surface area contributed by atoms with Crippen molar-refractivity contribution in [3.63, 3.8) is 0 Å². The van der Waals surface area contributed by atoms with Crippen molar-refractivity contribution in [1.82, 2.24) is 4.90 Å². The first-order chi connectivity index (χ1) is 13.5. The number of nitrogens with zero attached hydrogens (tertiary/aromatic N) is 2. The molecule has 2 heterocycles. The minimum atomic E-state index is -0.413. The highest BCUT2D eigenvalue weighted by Gasteiger charge is 2.28. The van der Waals surface area contributed by atoms with E-state index in [1.54, 1.807) is 19.1 Å². The number of aliphatic hydroxyl groups excluding tert-OH is 2. The van der Waals surface area contributed by atoms with Crippen molar-refractivity contribution in [2.24, 2.45) is 4.99 Å². The summed E-state index contributed by atoms with van der Waals surface area (Å²) < 4.78 is 6.08. The quantitative estimate of drug-likeness (QED) is 0.679. The van der Waals surface area contributed by atoms with Gasteiger partial charge in [-0.2, -0.15) is 11.8 Å². The minimum absolute atomic E-state index is 0.229. The van der Waals surface area contributed by atoms with Crippen molar-refractivity contribution in [1.29, 1.82) is 0 Å². The number of thioether (sulfide) groups is 1. The van der Waals surface area contributed by atoms with E-state index >= 15 is 0 Å². The van der Waals surface area contributed by atoms with E-state index in [-0.39, 0.29) is 11.8 Å². The molecule has 2 aliphatic heterocycles. The summed E-state index contributed by atoms with van der Waals surface area (Å²) in [7, 11) is 0. The predicted octanol–water partition coefficient (Wildman–Crippen LogP) is 3.76. The first-order valence-corrected chi connectivity index (χ1v) is 11.0. The van der Waals surface area contributed by atoms with Crippen molar-refractivity contribution in [2.45, 2.75) is 38.3 Å². The van der Waals surface area contributed by atoms with Crippen LogP contribution in [0.15, 0.2) is 64.7 Å². The number of aliphatic hydroxyl groups is 2. The molecule has 0 radical (unpaired) electrons. The lowest BCUT2D eigenvalue weighted by Crippen LogP contribution is -2.45. The van der Waals surface area contributed by atoms with Crippen LogP contribution in [0.5, 0.6) is 0 Å². The molecule has 28 heavy (non-hydrogen) atoms. The normalized spacial score (nSPS) is 23.8. The highest BCUT2D eigenvalue weighted by Crippen LogP contribution is 2.28. The molecule has 2 N–H and O–H groups in total. The first-order valence-electron chi connectivity index (χ1n) is 9.89. The van der Waals surface area contributed by atoms with Gasteiger partial charge in [0, 0.05) is 54.4 Å². The Morgan fingerprint density at radius 2 is 2.32 bits per heavy atom. The van der Waals surface area contributed by atoms with E-state index in [2.05, 4.69) is 22.5 Å². The molecule has 1 saturated heterocycles. The SMILES string of the molecule is C=C(C1=CCCN=C1CC(C)O)N1CCSC[C@H]1COC1=CC=CC(O)=CC1. The third kappa shape index (κ3) is 5.55. The molecule has 3 rings (SSSR count). The van der Waals surface area contributed by atoms with Gasteiger partial charge in [0.05, 0.1) is 17.9 Å². The Bertz CT molecular complexity index is 731. The van der Waals surface area contributed by atoms with Crippen LogP contribution in [0.4, 0.5) is 0 Å². The van der Waals surface area contributed by atoms with Crippen LogP contribution >= 0.6 is 11.8 Å². The molecule has 0 aromatic heterocycles. The summed E-state index contributed by atoms with van der Waals surface area (Å²) in [6.07, 6.45) is 11.0. The molecule has 0 aromatic carbocycles. The van der Waals surface area contributed by atoms with Crippen molar-refractivity contribution in [3.8, 4) is 0 Å². The third-order valence-electron chi connectivity index (χ3n) is 4.99. The number of aliphatic imine (C=N–C) groups is 1. The van der Waals surface area contributed by atoms with Crippen molar-refractivity contribution in [3.05, 3.63) is 59.7 Å². The van der Waals surface area contributed by atoms with Crippen molar-refractivity contribution in [2.75, 3.05) is 31.2 Å². The fourth-order valence-electron chi connectivity index (χ4n) is 3.56. The van der Waals surface area contributed by atoms with Crippen molar-refractivity contribution >= 4 is 17.5 Å². The lowest BCUT2D eigenvalue weighted by atomic mass is 9.97. The van der Waals surface area contributed by atoms with Crippen molar-refractivity contribution < 1.29 is 14.9 Å². The number of dihydropyridines is 1. The van der Waals surface area contributed by atoms with Gasteiger partial charge in [0.1, 0.15) is 12.4 Å². The van der Waals surface area contributed by atoms with Gasteiger partial charge in [-0.05, 0) is 31.6 Å². The van der Waals surface area contributed by atoms with Crippen LogP contribution in [-0.2, 0) is 4.74 Å². The molecular weight excluding hydrogens is 372 g/mol. The Morgan fingerprint density at radius 1 is 1.46 bits per heavy atom. The van der Waals surface area contributed by atoms with Crippen LogP contribution < -0.4 is 0 Å². The van der Waals surface area contributed by atoms with Gasteiger partial charge < -0.3 is 19.8 Å². The smallest absolute Gasteiger partial charge is 0.112 e. The van der Waals surface area contributed by atoms with Gasteiger partial charge in [0.2, 0.25) is 0 Å². The molecule has 2 atom stereocenters. The summed E-state index contributed by atoms with van der Waals surface area (Å²) in [6, 6.07) is 0.229. The Hall–Kier alpha value is -1.92. The van der Waals surface area contributed by atoms with E-state index in [1.807, 2.05) is 23.9 Å². The first kappa shape index (κ1) is 20.8. The summed E-state index contributed by atoms with van der Waals surface area (Å²) in [6.45, 7) is 8.48. The number of ether oxygens (including phenoxy) is 1. The zero-order chi connectivity index (χ0) is 19.9. The highest BCUT2D eigenvalue weighted by molar-refractivity contribution is 7.99. The number of hydrogen-bond donors (Lipinski definition) is 2. The van der Waals surface area contributed by atoms with E-state index in [4.69, 9.17) is 4.74 Å². The van der Waals surface area contributed by atoms with E-state index in [9.17, 15) is 10.2 Å². The van der Waals surface area contributed by atoms with Gasteiger partial charge >= 0.3 is 0 Å². The zero-order valence-electron chi connectivity index (χ0n) is 16.5. The van der Waals surface area contributed by atoms with Crippen LogP contribution in [-0.4, -0.2) is 64.2 Å². The summed E-state index contributed by atoms with van der Waals surface area (Å²) in [5, 5.41) is 19.4. The Morgan fingerprint density at radius 3 is 3.14 bits per heavy atom. The molecule has 0 aromatic rings. The van der Waals surface area contributed by atoms with E-state index < -0.39 is 6.10 Å². The standard InChI is InChI=1S/C22H30N2O3S/c1-16(25)13-22-21(7-4-10-23-22)17(2)24-11-12-28-15-18(24)14-27-20-6-3-5-19(26)8-9-20/h3,5-8,16,18,25-26H,2,4,9-15H2,1H3/t16?,18-/m1/s1. The van der Waals surface area contributed by atoms with Gasteiger partial charge in [0.15, 0.2) is 0 Å². The van der Waals surface area contributed by atoms with Gasteiger partial charge in [0.25, 0.3) is 0 Å². The second-order valence-electron chi connectivity index (χ2n) is 7.29. The zero-order valence-corrected chi connectivity index (χ0v) is 17.3. The third-order valence-corrected chi connectivity index (χ3v) is 6.08. The maximum atomic E-state index is 9.83. The van der Waals surface area contributed by atoms with E-state index in [1.165, 1.54) is 0 Å². The van der Waals surface area contributed by atoms with E-state index in [0.717, 1.165) is 53.8 Å². The summed E-state index contributed by atoms with van der Waals surface area (Å²) in [5.41, 5.74) is 3.02. The lowest BCUT2D eigenvalue weighted by molar-refractivity contribution is 0.131. The number of allylic oxidation sites excluding steroid dienone is 5. The molecule has 1 unspecified atom stereocenters. The van der Waals surface area contributed by atoms with Crippen LogP contribution in [0, 0.1) is 0 Å². The van der Waals surface area contributed by atoms with E-state index in [0.29, 0.717) is 19.4 Å². The average Bonchev–Trinajstić information content (AvgIpc) is 2.90. The number of hydrogen-bond acceptors (Lipinski definition) is 6. The van der Waals surface area contributed by atoms with Gasteiger partial charge in [-0.15, -0.1) is 0 Å². The summed E-state index contributed by atoms with van der Waals surface area (Å²) in [4.78, 5) is 6.99. The fourth-order valence-corrected chi connectivity index (χ4v) is 4.60. The van der Waals surface area contributed by atoms with Gasteiger partial charge in [-0.25, -0.2) is 0 Å². The predicted molar refractivity (Wildman–Crippen MR) is 117 cm³/mol. The van der Waals surface area contributed by atoms with Crippen LogP contribution in [0.25, 0.3) is 0 Å². The molecule has 0 spiro atoms. The fraction of sp³-hybridized carbons (Fsp3) is 0.500. The molecule has 1 fully saturated rings. The molecule has 0 saturated carbocycles. The maximum absolute atomic E-state index is 9.83. The second kappa shape index (κ2) is 10.0. The highest BCUT2D eigenvalue weighted by atomic mass is 32.2. The Balaban J connectivity index is 1.66.